The lowest BCUT2D eigenvalue weighted by Gasteiger charge is -2.14. The van der Waals surface area contributed by atoms with Gasteiger partial charge in [0.05, 0.1) is 30.6 Å². The van der Waals surface area contributed by atoms with Crippen molar-refractivity contribution in [2.45, 2.75) is 19.9 Å². The summed E-state index contributed by atoms with van der Waals surface area (Å²) in [6.07, 6.45) is 0. The van der Waals surface area contributed by atoms with Gasteiger partial charge in [0.15, 0.2) is 5.78 Å². The van der Waals surface area contributed by atoms with Gasteiger partial charge in [0.2, 0.25) is 6.04 Å². The number of ketones is 1. The molecule has 0 heterocycles. The van der Waals surface area contributed by atoms with E-state index in [1.165, 1.54) is 33.3 Å². The zero-order valence-corrected chi connectivity index (χ0v) is 17.3. The second kappa shape index (κ2) is 9.52. The molecule has 0 bridgehead atoms. The van der Waals surface area contributed by atoms with Crippen molar-refractivity contribution >= 4 is 46.3 Å². The Balaban J connectivity index is 2.27. The largest absolute Gasteiger partial charge is 0.495 e. The molecule has 2 aromatic carbocycles. The van der Waals surface area contributed by atoms with Crippen LogP contribution in [-0.4, -0.2) is 32.0 Å². The molecule has 0 aliphatic heterocycles. The minimum absolute atomic E-state index is 0.289. The Labute approximate surface area is 172 Å². The molecule has 1 amide bonds. The van der Waals surface area contributed by atoms with Gasteiger partial charge < -0.3 is 14.8 Å². The predicted octanol–water partition coefficient (Wildman–Crippen LogP) is 5.00. The molecule has 0 fully saturated rings. The van der Waals surface area contributed by atoms with Crippen molar-refractivity contribution in [1.29, 1.82) is 0 Å². The average molecular weight is 424 g/mol. The summed E-state index contributed by atoms with van der Waals surface area (Å²) in [7, 11) is 2.87. The van der Waals surface area contributed by atoms with Gasteiger partial charge in [0, 0.05) is 17.2 Å². The number of Topliss-reactive ketones (excluding diaryl/α,β-unsaturated/α-hetero) is 1. The van der Waals surface area contributed by atoms with E-state index < -0.39 is 17.7 Å². The number of halogens is 2. The Morgan fingerprint density at radius 3 is 2.29 bits per heavy atom. The van der Waals surface area contributed by atoms with E-state index in [1.54, 1.807) is 18.2 Å². The lowest BCUT2D eigenvalue weighted by atomic mass is 10.2. The van der Waals surface area contributed by atoms with E-state index in [-0.39, 0.29) is 5.69 Å². The molecule has 0 saturated carbocycles. The minimum Gasteiger partial charge on any atom is -0.495 e. The first-order valence-electron chi connectivity index (χ1n) is 8.16. The normalized spacial score (nSPS) is 11.9. The molecule has 0 aliphatic carbocycles. The van der Waals surface area contributed by atoms with Gasteiger partial charge in [0.1, 0.15) is 11.5 Å². The monoisotopic (exact) mass is 423 g/mol. The van der Waals surface area contributed by atoms with Crippen LogP contribution in [-0.2, 0) is 9.59 Å². The third-order valence-electron chi connectivity index (χ3n) is 3.80. The van der Waals surface area contributed by atoms with Crippen molar-refractivity contribution in [2.24, 2.45) is 10.2 Å². The lowest BCUT2D eigenvalue weighted by molar-refractivity contribution is -0.126. The Morgan fingerprint density at radius 2 is 1.71 bits per heavy atom. The maximum absolute atomic E-state index is 12.6. The first-order chi connectivity index (χ1) is 13.3. The van der Waals surface area contributed by atoms with Crippen molar-refractivity contribution < 1.29 is 19.1 Å². The highest BCUT2D eigenvalue weighted by Crippen LogP contribution is 2.36. The quantitative estimate of drug-likeness (QED) is 0.501. The number of azo groups is 1. The SMILES string of the molecule is COc1cc(NC(=O)C(N=Nc2ccc(Cl)c(C)c2)C(C)=O)c(OC)cc1Cl. The standard InChI is InChI=1S/C19H19Cl2N3O4/c1-10-7-12(5-6-13(10)20)23-24-18(11(2)25)19(26)22-15-9-16(27-3)14(21)8-17(15)28-4/h5-9,18H,1-4H3,(H,22,26). The number of ether oxygens (including phenoxy) is 2. The van der Waals surface area contributed by atoms with E-state index in [9.17, 15) is 9.59 Å². The van der Waals surface area contributed by atoms with Crippen LogP contribution in [0.25, 0.3) is 0 Å². The van der Waals surface area contributed by atoms with E-state index >= 15 is 0 Å². The third kappa shape index (κ3) is 5.21. The molecule has 28 heavy (non-hydrogen) atoms. The first-order valence-corrected chi connectivity index (χ1v) is 8.92. The van der Waals surface area contributed by atoms with E-state index in [1.807, 2.05) is 6.92 Å². The third-order valence-corrected chi connectivity index (χ3v) is 4.51. The molecule has 9 heteroatoms. The number of rotatable bonds is 7. The van der Waals surface area contributed by atoms with Crippen LogP contribution >= 0.6 is 23.2 Å². The first kappa shape index (κ1) is 21.7. The number of amides is 1. The van der Waals surface area contributed by atoms with E-state index in [2.05, 4.69) is 15.5 Å². The summed E-state index contributed by atoms with van der Waals surface area (Å²) in [5, 5.41) is 11.4. The average Bonchev–Trinajstić information content (AvgIpc) is 2.65. The van der Waals surface area contributed by atoms with E-state index in [4.69, 9.17) is 32.7 Å². The van der Waals surface area contributed by atoms with Crippen molar-refractivity contribution in [2.75, 3.05) is 19.5 Å². The molecule has 0 aliphatic rings. The highest BCUT2D eigenvalue weighted by Gasteiger charge is 2.25. The topological polar surface area (TPSA) is 89.4 Å². The Morgan fingerprint density at radius 1 is 1.04 bits per heavy atom. The Hall–Kier alpha value is -2.64. The van der Waals surface area contributed by atoms with Gasteiger partial charge in [0.25, 0.3) is 5.91 Å². The van der Waals surface area contributed by atoms with Gasteiger partial charge in [-0.2, -0.15) is 10.2 Å². The van der Waals surface area contributed by atoms with Crippen LogP contribution in [0.4, 0.5) is 11.4 Å². The summed E-state index contributed by atoms with van der Waals surface area (Å²) in [6, 6.07) is 6.67. The number of carbonyl (C=O) groups excluding carboxylic acids is 2. The fourth-order valence-corrected chi connectivity index (χ4v) is 2.64. The van der Waals surface area contributed by atoms with Crippen LogP contribution in [0.3, 0.4) is 0 Å². The van der Waals surface area contributed by atoms with Gasteiger partial charge >= 0.3 is 0 Å². The summed E-state index contributed by atoms with van der Waals surface area (Å²) in [5.74, 6) is -0.474. The lowest BCUT2D eigenvalue weighted by Crippen LogP contribution is -2.32. The van der Waals surface area contributed by atoms with Crippen LogP contribution in [0.5, 0.6) is 11.5 Å². The highest BCUT2D eigenvalue weighted by molar-refractivity contribution is 6.32. The molecule has 7 nitrogen and oxygen atoms in total. The van der Waals surface area contributed by atoms with Crippen molar-refractivity contribution in [3.63, 3.8) is 0 Å². The van der Waals surface area contributed by atoms with Gasteiger partial charge in [-0.05, 0) is 37.6 Å². The van der Waals surface area contributed by atoms with Gasteiger partial charge in [-0.25, -0.2) is 0 Å². The molecule has 0 radical (unpaired) electrons. The number of methoxy groups -OCH3 is 2. The maximum Gasteiger partial charge on any atom is 0.258 e. The number of hydrogen-bond acceptors (Lipinski definition) is 6. The van der Waals surface area contributed by atoms with Crippen molar-refractivity contribution in [3.8, 4) is 11.5 Å². The number of hydrogen-bond donors (Lipinski definition) is 1. The molecule has 0 aromatic heterocycles. The number of carbonyl (C=O) groups is 2. The summed E-state index contributed by atoms with van der Waals surface area (Å²) in [6.45, 7) is 3.08. The van der Waals surface area contributed by atoms with Gasteiger partial charge in [-0.15, -0.1) is 0 Å². The summed E-state index contributed by atoms with van der Waals surface area (Å²) < 4.78 is 10.4. The second-order valence-corrected chi connectivity index (χ2v) is 6.65. The summed E-state index contributed by atoms with van der Waals surface area (Å²) in [4.78, 5) is 24.5. The van der Waals surface area contributed by atoms with Crippen molar-refractivity contribution in [1.82, 2.24) is 0 Å². The molecule has 0 spiro atoms. The molecule has 2 aromatic rings. The van der Waals surface area contributed by atoms with Crippen LogP contribution in [0.2, 0.25) is 10.0 Å². The predicted molar refractivity (Wildman–Crippen MR) is 108 cm³/mol. The van der Waals surface area contributed by atoms with Gasteiger partial charge in [-0.3, -0.25) is 9.59 Å². The number of anilines is 1. The molecule has 0 saturated heterocycles. The zero-order valence-electron chi connectivity index (χ0n) is 15.7. The number of nitrogens with one attached hydrogen (secondary N) is 1. The minimum atomic E-state index is -1.33. The maximum atomic E-state index is 12.6. The highest BCUT2D eigenvalue weighted by atomic mass is 35.5. The van der Waals surface area contributed by atoms with Crippen LogP contribution in [0.15, 0.2) is 40.6 Å². The molecule has 2 rings (SSSR count). The molecular formula is C19H19Cl2N3O4. The Kier molecular flexibility index (Phi) is 7.37. The van der Waals surface area contributed by atoms with E-state index in [0.29, 0.717) is 27.2 Å². The van der Waals surface area contributed by atoms with Crippen LogP contribution in [0, 0.1) is 6.92 Å². The Bertz CT molecular complexity index is 932. The summed E-state index contributed by atoms with van der Waals surface area (Å²) in [5.41, 5.74) is 1.57. The number of benzene rings is 2. The van der Waals surface area contributed by atoms with Crippen LogP contribution in [0.1, 0.15) is 12.5 Å². The fraction of sp³-hybridized carbons (Fsp3) is 0.263. The van der Waals surface area contributed by atoms with Crippen LogP contribution < -0.4 is 14.8 Å². The molecule has 1 atom stereocenters. The second-order valence-electron chi connectivity index (χ2n) is 5.84. The fourth-order valence-electron chi connectivity index (χ4n) is 2.29. The van der Waals surface area contributed by atoms with Crippen molar-refractivity contribution in [3.05, 3.63) is 45.9 Å². The number of nitrogens with zero attached hydrogens (tertiary/aromatic N) is 2. The zero-order chi connectivity index (χ0) is 20.8. The van der Waals surface area contributed by atoms with E-state index in [0.717, 1.165) is 5.56 Å². The molecule has 148 valence electrons. The molecular weight excluding hydrogens is 405 g/mol. The smallest absolute Gasteiger partial charge is 0.258 e. The van der Waals surface area contributed by atoms with Gasteiger partial charge in [-0.1, -0.05) is 23.2 Å². The summed E-state index contributed by atoms with van der Waals surface area (Å²) >= 11 is 12.0. The number of aryl methyl sites for hydroxylation is 1. The molecule has 1 N–H and O–H groups in total. The molecule has 1 unspecified atom stereocenters.